The first kappa shape index (κ1) is 35.3. The molecule has 0 amide bonds. The SMILES string of the molecule is Cc1ccc[c-]1-c1ccc(F)cc1.Cc1ccc[c-]1-c1ccc(F)cc1.[Cl-].[Cl-].[Zr+2]=[Si](c1ccccc1)c1ccccc1. The second-order valence-corrected chi connectivity index (χ2v) is 15.0. The van der Waals surface area contributed by atoms with E-state index in [1.54, 1.807) is 47.6 Å². The normalized spacial score (nSPS) is 9.67. The van der Waals surface area contributed by atoms with Gasteiger partial charge < -0.3 is 24.8 Å². The molecule has 0 atom stereocenters. The van der Waals surface area contributed by atoms with Crippen LogP contribution in [0, 0.1) is 25.5 Å². The predicted octanol–water partition coefficient (Wildman–Crippen LogP) is 2.39. The molecule has 0 aliphatic carbocycles. The molecule has 0 saturated carbocycles. The molecule has 0 unspecified atom stereocenters. The molecule has 0 fully saturated rings. The minimum absolute atomic E-state index is 0. The van der Waals surface area contributed by atoms with Crippen molar-refractivity contribution in [2.24, 2.45) is 0 Å². The third-order valence-electron chi connectivity index (χ3n) is 6.50. The Hall–Kier alpha value is -2.88. The second-order valence-electron chi connectivity index (χ2n) is 9.37. The summed E-state index contributed by atoms with van der Waals surface area (Å²) < 4.78 is 25.3. The number of hydrogen-bond donors (Lipinski definition) is 0. The molecule has 6 aromatic carbocycles. The standard InChI is InChI=1S/2C12H10F.C12H10Si.2ClH.Zr/c2*1-9-3-2-4-12(9)10-5-7-11(13)8-6-10;1-3-7-11(8-4-1)13-12-9-5-2-6-10-12;;;/h2*2-8H,1H3;1-10H;2*1H;/q2*-1;;;;+2/p-2. The van der Waals surface area contributed by atoms with E-state index in [9.17, 15) is 8.78 Å². The molecule has 0 spiro atoms. The van der Waals surface area contributed by atoms with Gasteiger partial charge in [-0.3, -0.25) is 0 Å². The molecule has 0 aromatic heterocycles. The zero-order valence-corrected chi connectivity index (χ0v) is 28.3. The average Bonchev–Trinajstić information content (AvgIpc) is 3.63. The molecule has 0 heterocycles. The third-order valence-corrected chi connectivity index (χ3v) is 12.6. The number of rotatable bonds is 4. The Morgan fingerprint density at radius 3 is 1.10 bits per heavy atom. The van der Waals surface area contributed by atoms with Crippen molar-refractivity contribution in [2.45, 2.75) is 13.8 Å². The zero-order chi connectivity index (χ0) is 28.3. The van der Waals surface area contributed by atoms with Gasteiger partial charge >= 0.3 is 99.8 Å². The van der Waals surface area contributed by atoms with Gasteiger partial charge in [0.15, 0.2) is 0 Å². The summed E-state index contributed by atoms with van der Waals surface area (Å²) in [6.07, 6.45) is 0. The van der Waals surface area contributed by atoms with Crippen molar-refractivity contribution in [2.75, 3.05) is 0 Å². The summed E-state index contributed by atoms with van der Waals surface area (Å²) in [5.41, 5.74) is 6.51. The topological polar surface area (TPSA) is 0 Å². The zero-order valence-electron chi connectivity index (χ0n) is 23.4. The molecular weight excluding hydrogens is 661 g/mol. The monoisotopic (exact) mass is 688 g/mol. The van der Waals surface area contributed by atoms with Crippen molar-refractivity contribution in [1.82, 2.24) is 0 Å². The molecular formula is C36H30Cl2F2SiZr-2. The van der Waals surface area contributed by atoms with E-state index in [1.165, 1.54) is 56.9 Å². The van der Waals surface area contributed by atoms with Gasteiger partial charge in [0.2, 0.25) is 0 Å². The van der Waals surface area contributed by atoms with Crippen LogP contribution in [0.3, 0.4) is 0 Å². The molecule has 42 heavy (non-hydrogen) atoms. The van der Waals surface area contributed by atoms with Crippen LogP contribution in [0.2, 0.25) is 0 Å². The molecule has 0 saturated heterocycles. The van der Waals surface area contributed by atoms with Crippen LogP contribution in [0.25, 0.3) is 22.3 Å². The van der Waals surface area contributed by atoms with E-state index in [-0.39, 0.29) is 36.4 Å². The Morgan fingerprint density at radius 1 is 0.476 bits per heavy atom. The molecule has 6 aromatic rings. The van der Waals surface area contributed by atoms with Gasteiger partial charge in [-0.1, -0.05) is 49.2 Å². The molecule has 6 rings (SSSR count). The summed E-state index contributed by atoms with van der Waals surface area (Å²) in [6, 6.07) is 47.1. The maximum absolute atomic E-state index is 12.6. The van der Waals surface area contributed by atoms with Gasteiger partial charge in [0.05, 0.1) is 0 Å². The van der Waals surface area contributed by atoms with Crippen molar-refractivity contribution in [3.05, 3.63) is 168 Å². The number of halogens is 4. The van der Waals surface area contributed by atoms with Gasteiger partial charge in [-0.15, -0.1) is 70.8 Å². The van der Waals surface area contributed by atoms with E-state index in [0.29, 0.717) is 0 Å². The number of aryl methyl sites for hydroxylation is 2. The first-order valence-corrected chi connectivity index (χ1v) is 18.3. The Bertz CT molecular complexity index is 1500. The minimum atomic E-state index is -0.455. The van der Waals surface area contributed by atoms with Crippen molar-refractivity contribution >= 4 is 15.8 Å². The fourth-order valence-corrected chi connectivity index (χ4v) is 8.15. The Labute approximate surface area is 275 Å². The molecule has 0 radical (unpaired) electrons. The summed E-state index contributed by atoms with van der Waals surface area (Å²) in [5, 5.41) is 3.03. The average molecular weight is 691 g/mol. The predicted molar refractivity (Wildman–Crippen MR) is 162 cm³/mol. The van der Waals surface area contributed by atoms with E-state index in [0.717, 1.165) is 11.1 Å². The van der Waals surface area contributed by atoms with Gasteiger partial charge in [-0.25, -0.2) is 8.78 Å². The van der Waals surface area contributed by atoms with Crippen LogP contribution in [0.5, 0.6) is 0 Å². The van der Waals surface area contributed by atoms with Gasteiger partial charge in [-0.2, -0.15) is 12.1 Å². The third kappa shape index (κ3) is 10.1. The molecule has 6 heteroatoms. The van der Waals surface area contributed by atoms with Crippen molar-refractivity contribution < 1.29 is 56.9 Å². The van der Waals surface area contributed by atoms with Gasteiger partial charge in [0, 0.05) is 0 Å². The van der Waals surface area contributed by atoms with Gasteiger partial charge in [-0.05, 0) is 0 Å². The Kier molecular flexibility index (Phi) is 15.1. The van der Waals surface area contributed by atoms with E-state index in [4.69, 9.17) is 0 Å². The molecule has 0 bridgehead atoms. The van der Waals surface area contributed by atoms with E-state index < -0.39 is 5.43 Å². The van der Waals surface area contributed by atoms with Crippen LogP contribution in [0.4, 0.5) is 8.78 Å². The fourth-order valence-electron chi connectivity index (χ4n) is 4.30. The van der Waals surface area contributed by atoms with Crippen molar-refractivity contribution in [3.8, 4) is 22.3 Å². The van der Waals surface area contributed by atoms with Crippen LogP contribution in [-0.4, -0.2) is 5.43 Å². The number of hydrogen-bond acceptors (Lipinski definition) is 0. The summed E-state index contributed by atoms with van der Waals surface area (Å²) in [6.45, 7) is 4.11. The van der Waals surface area contributed by atoms with E-state index in [2.05, 4.69) is 86.6 Å². The summed E-state index contributed by atoms with van der Waals surface area (Å²) >= 11 is 1.64. The summed E-state index contributed by atoms with van der Waals surface area (Å²) in [5.74, 6) is -0.374. The summed E-state index contributed by atoms with van der Waals surface area (Å²) in [7, 11) is 0. The molecule has 212 valence electrons. The van der Waals surface area contributed by atoms with Crippen molar-refractivity contribution in [1.29, 1.82) is 0 Å². The Balaban J connectivity index is 0.000000215. The molecule has 0 nitrogen and oxygen atoms in total. The fraction of sp³-hybridized carbons (Fsp3) is 0.0556. The van der Waals surface area contributed by atoms with Crippen molar-refractivity contribution in [3.63, 3.8) is 0 Å². The molecule has 0 N–H and O–H groups in total. The molecule has 0 aliphatic rings. The van der Waals surface area contributed by atoms with Crippen LogP contribution >= 0.6 is 0 Å². The van der Waals surface area contributed by atoms with Crippen LogP contribution in [-0.2, 0) is 23.3 Å². The summed E-state index contributed by atoms with van der Waals surface area (Å²) in [4.78, 5) is 0. The maximum atomic E-state index is 12.6. The Morgan fingerprint density at radius 2 is 0.810 bits per heavy atom. The van der Waals surface area contributed by atoms with E-state index >= 15 is 0 Å². The first-order valence-electron chi connectivity index (χ1n) is 13.1. The van der Waals surface area contributed by atoms with Gasteiger partial charge in [0.1, 0.15) is 11.6 Å². The van der Waals surface area contributed by atoms with Crippen LogP contribution in [0.1, 0.15) is 11.1 Å². The second kappa shape index (κ2) is 17.9. The van der Waals surface area contributed by atoms with Crippen LogP contribution < -0.4 is 35.2 Å². The van der Waals surface area contributed by atoms with Gasteiger partial charge in [0.25, 0.3) is 0 Å². The van der Waals surface area contributed by atoms with Crippen LogP contribution in [0.15, 0.2) is 146 Å². The molecule has 0 aliphatic heterocycles. The first-order chi connectivity index (χ1) is 19.4. The van der Waals surface area contributed by atoms with E-state index in [1.807, 2.05) is 24.3 Å². The number of benzene rings is 4. The quantitative estimate of drug-likeness (QED) is 0.197.